The maximum absolute atomic E-state index is 5.86. The summed E-state index contributed by atoms with van der Waals surface area (Å²) in [5.41, 5.74) is 8.82. The van der Waals surface area contributed by atoms with Gasteiger partial charge in [-0.2, -0.15) is 0 Å². The third kappa shape index (κ3) is 2.87. The average molecular weight is 242 g/mol. The van der Waals surface area contributed by atoms with Gasteiger partial charge in [0, 0.05) is 30.1 Å². The van der Waals surface area contributed by atoms with Crippen molar-refractivity contribution in [3.05, 3.63) is 53.3 Å². The quantitative estimate of drug-likeness (QED) is 0.895. The average Bonchev–Trinajstić information content (AvgIpc) is 2.40. The molecule has 0 spiro atoms. The molecular formula is C15H18N2O. The predicted molar refractivity (Wildman–Crippen MR) is 72.8 cm³/mol. The molecule has 0 unspecified atom stereocenters. The summed E-state index contributed by atoms with van der Waals surface area (Å²) in [6.45, 7) is 4.50. The van der Waals surface area contributed by atoms with Gasteiger partial charge in [0.05, 0.1) is 0 Å². The number of hydrogen-bond donors (Lipinski definition) is 1. The predicted octanol–water partition coefficient (Wildman–Crippen LogP) is 3.20. The number of benzene rings is 1. The molecule has 0 aliphatic rings. The number of nitrogens with two attached hydrogens (primary N) is 1. The van der Waals surface area contributed by atoms with Gasteiger partial charge >= 0.3 is 0 Å². The zero-order chi connectivity index (χ0) is 13.0. The topological polar surface area (TPSA) is 48.1 Å². The Morgan fingerprint density at radius 1 is 1.22 bits per heavy atom. The van der Waals surface area contributed by atoms with Crippen LogP contribution in [0.2, 0.25) is 0 Å². The lowest BCUT2D eigenvalue weighted by Crippen LogP contribution is -2.01. The Bertz CT molecular complexity index is 521. The summed E-state index contributed by atoms with van der Waals surface area (Å²) in [4.78, 5) is 4.22. The first-order valence-electron chi connectivity index (χ1n) is 6.15. The molecule has 18 heavy (non-hydrogen) atoms. The molecule has 0 fully saturated rings. The molecule has 2 aromatic rings. The second kappa shape index (κ2) is 5.65. The van der Waals surface area contributed by atoms with Crippen LogP contribution in [0.15, 0.2) is 36.5 Å². The highest BCUT2D eigenvalue weighted by Gasteiger charge is 2.05. The molecule has 0 saturated heterocycles. The van der Waals surface area contributed by atoms with Crippen LogP contribution in [-0.2, 0) is 13.0 Å². The number of nitrogens with zero attached hydrogens (tertiary/aromatic N) is 1. The fourth-order valence-electron chi connectivity index (χ4n) is 1.73. The Kier molecular flexibility index (Phi) is 3.95. The molecule has 1 aromatic heterocycles. The number of ether oxygens (including phenoxy) is 1. The van der Waals surface area contributed by atoms with E-state index in [0.717, 1.165) is 29.2 Å². The summed E-state index contributed by atoms with van der Waals surface area (Å²) in [5.74, 6) is 1.61. The summed E-state index contributed by atoms with van der Waals surface area (Å²) in [6.07, 6.45) is 2.80. The Morgan fingerprint density at radius 2 is 1.94 bits per heavy atom. The molecule has 0 radical (unpaired) electrons. The van der Waals surface area contributed by atoms with Crippen LogP contribution in [0.3, 0.4) is 0 Å². The van der Waals surface area contributed by atoms with Crippen LogP contribution in [0.4, 0.5) is 0 Å². The normalized spacial score (nSPS) is 10.4. The lowest BCUT2D eigenvalue weighted by atomic mass is 10.2. The largest absolute Gasteiger partial charge is 0.457 e. The van der Waals surface area contributed by atoms with E-state index in [1.165, 1.54) is 5.56 Å². The first-order chi connectivity index (χ1) is 8.72. The Labute approximate surface area is 108 Å². The lowest BCUT2D eigenvalue weighted by molar-refractivity contribution is 0.474. The van der Waals surface area contributed by atoms with Crippen LogP contribution >= 0.6 is 0 Å². The van der Waals surface area contributed by atoms with Gasteiger partial charge in [-0.05, 0) is 31.0 Å². The van der Waals surface area contributed by atoms with E-state index in [0.29, 0.717) is 6.54 Å². The molecule has 94 valence electrons. The second-order valence-electron chi connectivity index (χ2n) is 4.24. The number of hydrogen-bond acceptors (Lipinski definition) is 3. The maximum Gasteiger partial charge on any atom is 0.135 e. The van der Waals surface area contributed by atoms with E-state index in [4.69, 9.17) is 10.5 Å². The van der Waals surface area contributed by atoms with Crippen LogP contribution in [-0.4, -0.2) is 4.98 Å². The standard InChI is InChI=1S/C15H18N2O/c1-3-12-4-6-14(7-5-12)18-15-8-11(2)17-10-13(15)9-16/h4-8,10H,3,9,16H2,1-2H3. The number of rotatable bonds is 4. The minimum atomic E-state index is 0.426. The zero-order valence-electron chi connectivity index (χ0n) is 10.8. The molecule has 0 amide bonds. The van der Waals surface area contributed by atoms with Gasteiger partial charge in [-0.25, -0.2) is 0 Å². The van der Waals surface area contributed by atoms with E-state index in [-0.39, 0.29) is 0 Å². The minimum absolute atomic E-state index is 0.426. The van der Waals surface area contributed by atoms with Crippen molar-refractivity contribution >= 4 is 0 Å². The molecule has 0 atom stereocenters. The Balaban J connectivity index is 2.24. The molecule has 0 aliphatic carbocycles. The SMILES string of the molecule is CCc1ccc(Oc2cc(C)ncc2CN)cc1. The van der Waals surface area contributed by atoms with Crippen molar-refractivity contribution in [2.45, 2.75) is 26.8 Å². The molecule has 1 aromatic carbocycles. The van der Waals surface area contributed by atoms with Crippen LogP contribution in [0, 0.1) is 6.92 Å². The van der Waals surface area contributed by atoms with Gasteiger partial charge in [0.25, 0.3) is 0 Å². The van der Waals surface area contributed by atoms with E-state index in [1.807, 2.05) is 25.1 Å². The summed E-state index contributed by atoms with van der Waals surface area (Å²) in [6, 6.07) is 10.0. The monoisotopic (exact) mass is 242 g/mol. The summed E-state index contributed by atoms with van der Waals surface area (Å²) in [7, 11) is 0. The third-order valence-electron chi connectivity index (χ3n) is 2.86. The van der Waals surface area contributed by atoms with Crippen molar-refractivity contribution in [3.63, 3.8) is 0 Å². The van der Waals surface area contributed by atoms with Gasteiger partial charge in [0.1, 0.15) is 11.5 Å². The molecule has 2 N–H and O–H groups in total. The van der Waals surface area contributed by atoms with Gasteiger partial charge < -0.3 is 10.5 Å². The van der Waals surface area contributed by atoms with Crippen molar-refractivity contribution in [1.82, 2.24) is 4.98 Å². The third-order valence-corrected chi connectivity index (χ3v) is 2.86. The van der Waals surface area contributed by atoms with Crippen LogP contribution in [0.5, 0.6) is 11.5 Å². The van der Waals surface area contributed by atoms with Gasteiger partial charge in [-0.1, -0.05) is 19.1 Å². The molecule has 0 saturated carbocycles. The number of aromatic nitrogens is 1. The maximum atomic E-state index is 5.86. The van der Waals surface area contributed by atoms with Crippen molar-refractivity contribution in [3.8, 4) is 11.5 Å². The smallest absolute Gasteiger partial charge is 0.135 e. The molecule has 3 heteroatoms. The van der Waals surface area contributed by atoms with Gasteiger partial charge in [0.15, 0.2) is 0 Å². The van der Waals surface area contributed by atoms with Crippen molar-refractivity contribution in [1.29, 1.82) is 0 Å². The molecular weight excluding hydrogens is 224 g/mol. The minimum Gasteiger partial charge on any atom is -0.457 e. The molecule has 0 bridgehead atoms. The molecule has 1 heterocycles. The fourth-order valence-corrected chi connectivity index (χ4v) is 1.73. The van der Waals surface area contributed by atoms with Crippen LogP contribution in [0.25, 0.3) is 0 Å². The highest BCUT2D eigenvalue weighted by molar-refractivity contribution is 5.38. The number of pyridine rings is 1. The summed E-state index contributed by atoms with van der Waals surface area (Å²) in [5, 5.41) is 0. The molecule has 0 aliphatic heterocycles. The highest BCUT2D eigenvalue weighted by atomic mass is 16.5. The molecule has 2 rings (SSSR count). The van der Waals surface area contributed by atoms with E-state index < -0.39 is 0 Å². The van der Waals surface area contributed by atoms with Crippen molar-refractivity contribution < 1.29 is 4.74 Å². The first kappa shape index (κ1) is 12.6. The van der Waals surface area contributed by atoms with Gasteiger partial charge in [0.2, 0.25) is 0 Å². The Morgan fingerprint density at radius 3 is 2.56 bits per heavy atom. The zero-order valence-corrected chi connectivity index (χ0v) is 10.8. The fraction of sp³-hybridized carbons (Fsp3) is 0.267. The van der Waals surface area contributed by atoms with Crippen molar-refractivity contribution in [2.75, 3.05) is 0 Å². The summed E-state index contributed by atoms with van der Waals surface area (Å²) >= 11 is 0. The van der Waals surface area contributed by atoms with Gasteiger partial charge in [-0.3, -0.25) is 4.98 Å². The van der Waals surface area contributed by atoms with Crippen LogP contribution < -0.4 is 10.5 Å². The van der Waals surface area contributed by atoms with Crippen molar-refractivity contribution in [2.24, 2.45) is 5.73 Å². The van der Waals surface area contributed by atoms with E-state index >= 15 is 0 Å². The first-order valence-corrected chi connectivity index (χ1v) is 6.15. The molecule has 3 nitrogen and oxygen atoms in total. The van der Waals surface area contributed by atoms with E-state index in [9.17, 15) is 0 Å². The lowest BCUT2D eigenvalue weighted by Gasteiger charge is -2.10. The van der Waals surface area contributed by atoms with Gasteiger partial charge in [-0.15, -0.1) is 0 Å². The summed E-state index contributed by atoms with van der Waals surface area (Å²) < 4.78 is 5.86. The van der Waals surface area contributed by atoms with E-state index in [1.54, 1.807) is 6.20 Å². The highest BCUT2D eigenvalue weighted by Crippen LogP contribution is 2.25. The second-order valence-corrected chi connectivity index (χ2v) is 4.24. The van der Waals surface area contributed by atoms with E-state index in [2.05, 4.69) is 24.0 Å². The van der Waals surface area contributed by atoms with Crippen LogP contribution in [0.1, 0.15) is 23.7 Å². The number of aryl methyl sites for hydroxylation is 2. The Hall–Kier alpha value is -1.87.